The Morgan fingerprint density at radius 1 is 0.557 bits per heavy atom. The number of halogens is 4. The lowest BCUT2D eigenvalue weighted by atomic mass is 9.91. The smallest absolute Gasteiger partial charge is 0.279 e. The number of hydrogen-bond donors (Lipinski definition) is 12. The van der Waals surface area contributed by atoms with Gasteiger partial charge in [0.05, 0.1) is 132 Å². The summed E-state index contributed by atoms with van der Waals surface area (Å²) in [5.41, 5.74) is 1.91. The van der Waals surface area contributed by atoms with Crippen molar-refractivity contribution in [3.8, 4) is 0 Å². The summed E-state index contributed by atoms with van der Waals surface area (Å²) in [5.74, 6) is -2.83. The Morgan fingerprint density at radius 2 is 0.943 bits per heavy atom. The van der Waals surface area contributed by atoms with Gasteiger partial charge in [-0.25, -0.2) is 34.9 Å². The molecule has 12 rings (SSSR count). The fourth-order valence-corrected chi connectivity index (χ4v) is 11.3. The minimum atomic E-state index is -1.48. The van der Waals surface area contributed by atoms with E-state index in [1.54, 1.807) is 31.4 Å². The summed E-state index contributed by atoms with van der Waals surface area (Å²) in [7, 11) is 0. The minimum Gasteiger partial charge on any atom is -0.397 e. The summed E-state index contributed by atoms with van der Waals surface area (Å²) in [6.07, 6.45) is 2.46. The van der Waals surface area contributed by atoms with Gasteiger partial charge in [-0.1, -0.05) is 12.2 Å². The largest absolute Gasteiger partial charge is 0.397 e. The van der Waals surface area contributed by atoms with Crippen LogP contribution in [0.4, 0.5) is 23.2 Å². The predicted octanol–water partition coefficient (Wildman–Crippen LogP) is -0.168. The first kappa shape index (κ1) is 64.7. The molecule has 34 heteroatoms. The lowest BCUT2D eigenvalue weighted by Crippen LogP contribution is -2.43. The van der Waals surface area contributed by atoms with Crippen molar-refractivity contribution in [1.82, 2.24) is 68.1 Å². The maximum absolute atomic E-state index is 13.5. The zero-order valence-corrected chi connectivity index (χ0v) is 47.7. The molecule has 0 saturated carbocycles. The number of aliphatic hydroxyl groups excluding tert-OH is 8. The molecule has 16 atom stereocenters. The molecule has 0 aliphatic carbocycles. The van der Waals surface area contributed by atoms with Crippen molar-refractivity contribution < 1.29 is 77.4 Å². The summed E-state index contributed by atoms with van der Waals surface area (Å²) >= 11 is 0. The number of fused-ring (bicyclic) bond motifs is 4. The van der Waals surface area contributed by atoms with Crippen molar-refractivity contribution in [3.63, 3.8) is 0 Å². The van der Waals surface area contributed by atoms with Crippen molar-refractivity contribution >= 4 is 50.3 Å². The summed E-state index contributed by atoms with van der Waals surface area (Å²) in [5, 5.41) is 78.9. The second-order valence-electron chi connectivity index (χ2n) is 22.0. The molecule has 4 fully saturated rings. The van der Waals surface area contributed by atoms with Gasteiger partial charge in [0.25, 0.3) is 11.1 Å². The minimum absolute atomic E-state index is 0.0893. The van der Waals surface area contributed by atoms with Crippen molar-refractivity contribution in [2.45, 2.75) is 99.4 Å². The van der Waals surface area contributed by atoms with Gasteiger partial charge in [0, 0.05) is 18.5 Å². The van der Waals surface area contributed by atoms with Gasteiger partial charge < -0.3 is 80.5 Å². The number of H-pyrrole nitrogens is 3. The van der Waals surface area contributed by atoms with Crippen LogP contribution in [0.5, 0.6) is 0 Å². The topological polar surface area (TPSA) is 433 Å². The zero-order valence-electron chi connectivity index (χ0n) is 47.7. The Morgan fingerprint density at radius 3 is 1.36 bits per heavy atom. The van der Waals surface area contributed by atoms with Gasteiger partial charge in [0.1, 0.15) is 70.1 Å². The zero-order chi connectivity index (χ0) is 63.9. The Bertz CT molecular complexity index is 3990. The van der Waals surface area contributed by atoms with Crippen LogP contribution in [-0.4, -0.2) is 209 Å². The van der Waals surface area contributed by atoms with Gasteiger partial charge in [0.2, 0.25) is 5.43 Å². The summed E-state index contributed by atoms with van der Waals surface area (Å²) in [6.45, 7) is 8.03. The first-order valence-corrected chi connectivity index (χ1v) is 27.3. The van der Waals surface area contributed by atoms with Crippen LogP contribution in [0.15, 0.2) is 89.5 Å². The van der Waals surface area contributed by atoms with E-state index >= 15 is 0 Å². The van der Waals surface area contributed by atoms with Gasteiger partial charge >= 0.3 is 0 Å². The van der Waals surface area contributed by atoms with Crippen LogP contribution in [0.2, 0.25) is 0 Å². The van der Waals surface area contributed by atoms with E-state index in [4.69, 9.17) is 24.7 Å². The lowest BCUT2D eigenvalue weighted by molar-refractivity contribution is -0.115. The van der Waals surface area contributed by atoms with Crippen LogP contribution in [0.25, 0.3) is 44.7 Å². The average Bonchev–Trinajstić information content (AvgIpc) is 1.70. The molecule has 8 aromatic heterocycles. The van der Waals surface area contributed by atoms with Crippen molar-refractivity contribution in [3.05, 3.63) is 118 Å². The van der Waals surface area contributed by atoms with Gasteiger partial charge in [0.15, 0.2) is 33.5 Å². The molecule has 88 heavy (non-hydrogen) atoms. The monoisotopic (exact) mass is 1240 g/mol. The highest BCUT2D eigenvalue weighted by molar-refractivity contribution is 5.83. The molecule has 476 valence electrons. The summed E-state index contributed by atoms with van der Waals surface area (Å²) < 4.78 is 82.2. The predicted molar refractivity (Wildman–Crippen MR) is 301 cm³/mol. The number of rotatable bonds is 14. The number of aryl methyl sites for hydroxylation is 2. The first-order chi connectivity index (χ1) is 42.0. The quantitative estimate of drug-likeness (QED) is 0.0497. The molecule has 4 saturated heterocycles. The summed E-state index contributed by atoms with van der Waals surface area (Å²) in [4.78, 5) is 72.1. The number of nitrogen functional groups attached to an aromatic ring is 1. The second-order valence-corrected chi connectivity index (χ2v) is 22.0. The maximum atomic E-state index is 13.5. The Hall–Kier alpha value is -7.74. The number of hydrogen-bond acceptors (Lipinski definition) is 23. The van der Waals surface area contributed by atoms with Crippen LogP contribution in [0, 0.1) is 37.5 Å². The molecule has 30 nitrogen and oxygen atoms in total. The molecule has 0 spiro atoms. The fourth-order valence-electron chi connectivity index (χ4n) is 11.3. The van der Waals surface area contributed by atoms with E-state index in [1.807, 2.05) is 0 Å². The molecule has 13 N–H and O–H groups in total. The summed E-state index contributed by atoms with van der Waals surface area (Å²) in [6, 6.07) is 2.95. The van der Waals surface area contributed by atoms with Crippen molar-refractivity contribution in [1.29, 1.82) is 0 Å². The third-order valence-electron chi connectivity index (χ3n) is 16.5. The molecule has 0 radical (unpaired) electrons. The highest BCUT2D eigenvalue weighted by atomic mass is 19.1. The number of pyridine rings is 2. The number of nitrogens with one attached hydrogen (secondary N) is 3. The van der Waals surface area contributed by atoms with Crippen LogP contribution < -0.4 is 22.3 Å². The molecule has 8 aromatic rings. The highest BCUT2D eigenvalue weighted by Crippen LogP contribution is 2.46. The number of aliphatic hydroxyl groups is 8. The van der Waals surface area contributed by atoms with Gasteiger partial charge in [-0.15, -0.1) is 13.2 Å². The number of ether oxygens (including phenoxy) is 4. The maximum Gasteiger partial charge on any atom is 0.279 e. The number of aromatic nitrogens is 14. The Labute approximate surface area is 494 Å². The van der Waals surface area contributed by atoms with Gasteiger partial charge in [-0.2, -0.15) is 0 Å². The second kappa shape index (κ2) is 25.4. The number of alkyl halides is 4. The third kappa shape index (κ3) is 11.0. The van der Waals surface area contributed by atoms with Crippen LogP contribution >= 0.6 is 0 Å². The normalized spacial score (nSPS) is 31.8. The third-order valence-corrected chi connectivity index (χ3v) is 16.5. The molecule has 0 unspecified atom stereocenters. The van der Waals surface area contributed by atoms with Crippen LogP contribution in [0.1, 0.15) is 50.4 Å². The van der Waals surface area contributed by atoms with E-state index in [0.717, 1.165) is 0 Å². The molecule has 0 amide bonds. The van der Waals surface area contributed by atoms with Gasteiger partial charge in [-0.05, 0) is 33.8 Å². The van der Waals surface area contributed by atoms with Crippen molar-refractivity contribution in [2.75, 3.05) is 58.9 Å². The average molecular weight is 1240 g/mol. The first-order valence-electron chi connectivity index (χ1n) is 27.3. The van der Waals surface area contributed by atoms with E-state index in [9.17, 15) is 72.8 Å². The molecular weight excluding hydrogens is 1170 g/mol. The van der Waals surface area contributed by atoms with E-state index in [1.165, 1.54) is 76.5 Å². The Balaban J connectivity index is 0.000000140. The van der Waals surface area contributed by atoms with E-state index in [2.05, 4.69) is 63.0 Å². The van der Waals surface area contributed by atoms with E-state index in [-0.39, 0.29) is 33.3 Å². The molecule has 0 bridgehead atoms. The molecule has 4 aliphatic heterocycles. The lowest BCUT2D eigenvalue weighted by Gasteiger charge is -2.26. The van der Waals surface area contributed by atoms with E-state index in [0.29, 0.717) is 34.1 Å². The SMILES string of the molecule is C=C[C@]1(CO)O[C@@H](n2cnc3c(=O)[nH]c(C)nc32)[C@@H](CF)[C@@H]1O.C=C[C@]1(CO)O[C@@H](n2cnc3c(=O)cc[nH]c32)[C@@H](CF)[C@@H]1O.C[C@]1(CO)O[C@@H](n2cnc3c(N)ccnc32)[C@@H](CF)[C@@H]1O.Cc1nc2c(ncn2[C@@H]2O[C@](C)(CO)[C@@H](O)[C@@H]2CF)c(=O)[nH]1. The van der Waals surface area contributed by atoms with Gasteiger partial charge in [-0.3, -0.25) is 50.2 Å². The molecule has 4 aliphatic rings. The van der Waals surface area contributed by atoms with E-state index < -0.39 is 160 Å². The molecular formula is C54H67F4N15O15. The molecule has 0 aromatic carbocycles. The van der Waals surface area contributed by atoms with Crippen LogP contribution in [0.3, 0.4) is 0 Å². The van der Waals surface area contributed by atoms with Crippen molar-refractivity contribution in [2.24, 2.45) is 23.7 Å². The highest BCUT2D eigenvalue weighted by Gasteiger charge is 2.57. The Kier molecular flexibility index (Phi) is 18.7. The standard InChI is InChI=1S/C14H17FN4O4.C14H16FN3O4.C13H17FN4O4.C13H17FN4O3/c1-3-14(5-20)10(21)8(4-15)13(23-14)19-6-16-9-11(19)17-7(2)18-12(9)22;1-2-14(6-19)11(21)8(5-15)13(22-14)18-7-17-10-9(20)3-4-16-12(10)18;1-6-16-10-8(11(21)17-6)15-5-18(10)12-7(3-14)9(20)13(2,4-19)22-12;1-13(5-19)10(20)7(4-14)12(21-13)18-6-17-9-8(15)2-3-16-11(9)18/h3,6,8,10,13,20-21H,1,4-5H2,2H3,(H,17,18,22);2-4,7-8,11,13,19,21H,1,5-6H2,(H,16,20);5,7,9,12,19-20H,3-4H2,1-2H3,(H,16,17,21);2-3,6-7,10,12,19-20H,4-5H2,1H3,(H2,15,16)/t8-,10-,13+,14+;8-,11-,13+,14+;7-,9-,12+,13+;7-,10-,12+,13+/m0000/s1. The number of nitrogens with zero attached hydrogens (tertiary/aromatic N) is 11. The number of nitrogens with two attached hydrogens (primary N) is 1. The fraction of sp³-hybridized carbons (Fsp3) is 0.519. The number of anilines is 1. The number of aromatic amines is 3. The van der Waals surface area contributed by atoms with Crippen LogP contribution in [-0.2, 0) is 18.9 Å². The molecule has 12 heterocycles. The number of imidazole rings is 4.